The first-order valence-corrected chi connectivity index (χ1v) is 6.87. The molecule has 0 amide bonds. The summed E-state index contributed by atoms with van der Waals surface area (Å²) in [5.41, 5.74) is -0.650. The molecule has 0 aliphatic carbocycles. The van der Waals surface area contributed by atoms with Crippen LogP contribution in [0.25, 0.3) is 0 Å². The molecule has 0 saturated heterocycles. The second-order valence-electron chi connectivity index (χ2n) is 5.04. The fourth-order valence-electron chi connectivity index (χ4n) is 1.55. The molecule has 0 rings (SSSR count). The van der Waals surface area contributed by atoms with Gasteiger partial charge in [0.1, 0.15) is 12.0 Å². The monoisotopic (exact) mass is 380 g/mol. The van der Waals surface area contributed by atoms with Crippen molar-refractivity contribution in [3.8, 4) is 0 Å². The minimum Gasteiger partial charge on any atom is -0.460 e. The molecule has 0 radical (unpaired) electrons. The molecule has 6 nitrogen and oxygen atoms in total. The van der Waals surface area contributed by atoms with Crippen LogP contribution in [0.1, 0.15) is 48.0 Å². The van der Waals surface area contributed by atoms with Gasteiger partial charge in [0.2, 0.25) is 5.78 Å². The van der Waals surface area contributed by atoms with Crippen LogP contribution < -0.4 is 0 Å². The van der Waals surface area contributed by atoms with Crippen LogP contribution in [0.15, 0.2) is 0 Å². The second-order valence-corrected chi connectivity index (χ2v) is 5.04. The van der Waals surface area contributed by atoms with Crippen molar-refractivity contribution in [3.63, 3.8) is 0 Å². The maximum atomic E-state index is 12.3. The van der Waals surface area contributed by atoms with Gasteiger partial charge in [0.05, 0.1) is 19.8 Å². The number of carbonyl (C=O) groups excluding carboxylic acids is 2. The van der Waals surface area contributed by atoms with Crippen LogP contribution in [0.4, 0.5) is 0 Å². The van der Waals surface area contributed by atoms with E-state index in [9.17, 15) is 9.59 Å². The topological polar surface area (TPSA) is 71.1 Å². The summed E-state index contributed by atoms with van der Waals surface area (Å²) in [6.07, 6.45) is -0.461. The van der Waals surface area contributed by atoms with Crippen LogP contribution in [-0.2, 0) is 54.7 Å². The normalized spacial score (nSPS) is 11.7. The summed E-state index contributed by atoms with van der Waals surface area (Å²) in [5.74, 6) is -3.06. The maximum Gasteiger partial charge on any atom is 0.347 e. The third-order valence-electron chi connectivity index (χ3n) is 2.07. The molecule has 21 heavy (non-hydrogen) atoms. The molecular weight excluding hydrogens is 355 g/mol. The van der Waals surface area contributed by atoms with E-state index in [0.717, 1.165) is 0 Å². The number of ether oxygens (including phenoxy) is 4. The zero-order chi connectivity index (χ0) is 15.8. The molecule has 0 fully saturated rings. The Hall–Kier alpha value is -0.0969. The van der Waals surface area contributed by atoms with E-state index in [1.807, 2.05) is 0 Å². The molecular formula is C14H26O6Zr. The fraction of sp³-hybridized carbons (Fsp3) is 0.857. The van der Waals surface area contributed by atoms with E-state index in [2.05, 4.69) is 0 Å². The van der Waals surface area contributed by atoms with Crippen molar-refractivity contribution in [2.75, 3.05) is 19.8 Å². The number of hydrogen-bond donors (Lipinski definition) is 0. The minimum absolute atomic E-state index is 0. The van der Waals surface area contributed by atoms with Crippen molar-refractivity contribution in [1.29, 1.82) is 0 Å². The van der Waals surface area contributed by atoms with Crippen LogP contribution in [0.5, 0.6) is 0 Å². The Balaban J connectivity index is 0. The van der Waals surface area contributed by atoms with Crippen molar-refractivity contribution in [1.82, 2.24) is 0 Å². The molecule has 0 unspecified atom stereocenters. The Labute approximate surface area is 146 Å². The summed E-state index contributed by atoms with van der Waals surface area (Å²) in [6, 6.07) is 0. The summed E-state index contributed by atoms with van der Waals surface area (Å²) in [4.78, 5) is 24.0. The van der Waals surface area contributed by atoms with Gasteiger partial charge in [-0.15, -0.1) is 0 Å². The Morgan fingerprint density at radius 3 is 1.52 bits per heavy atom. The van der Waals surface area contributed by atoms with Crippen LogP contribution >= 0.6 is 0 Å². The summed E-state index contributed by atoms with van der Waals surface area (Å²) < 4.78 is 21.0. The third-order valence-corrected chi connectivity index (χ3v) is 2.07. The number of ketones is 1. The van der Waals surface area contributed by atoms with Crippen LogP contribution in [0, 0.1) is 0 Å². The Morgan fingerprint density at radius 1 is 0.857 bits per heavy atom. The Kier molecular flexibility index (Phi) is 11.7. The molecule has 0 saturated carbocycles. The molecule has 0 aliphatic heterocycles. The summed E-state index contributed by atoms with van der Waals surface area (Å²) in [7, 11) is 0. The fourth-order valence-corrected chi connectivity index (χ4v) is 1.55. The Bertz CT molecular complexity index is 307. The molecule has 0 atom stereocenters. The second kappa shape index (κ2) is 10.6. The number of hydrogen-bond acceptors (Lipinski definition) is 6. The smallest absolute Gasteiger partial charge is 0.347 e. The molecule has 0 N–H and O–H groups in total. The van der Waals surface area contributed by atoms with E-state index < -0.39 is 29.7 Å². The van der Waals surface area contributed by atoms with Crippen LogP contribution in [0.2, 0.25) is 0 Å². The van der Waals surface area contributed by atoms with Gasteiger partial charge in [-0.1, -0.05) is 0 Å². The first-order chi connectivity index (χ1) is 9.20. The Morgan fingerprint density at radius 2 is 1.24 bits per heavy atom. The summed E-state index contributed by atoms with van der Waals surface area (Å²) in [5, 5.41) is 0. The molecule has 7 heteroatoms. The standard InChI is InChI=1S/C14H26O6.Zr/c1-7-17-14(18-8-2,19-9-3)11(15)10-12(16)20-13(4,5)6;/h7-10H2,1-6H3;. The van der Waals surface area contributed by atoms with Gasteiger partial charge in [0, 0.05) is 26.2 Å². The van der Waals surface area contributed by atoms with Crippen molar-refractivity contribution in [3.05, 3.63) is 0 Å². The number of rotatable bonds is 9. The number of esters is 1. The van der Waals surface area contributed by atoms with E-state index in [0.29, 0.717) is 0 Å². The molecule has 0 aliphatic rings. The van der Waals surface area contributed by atoms with Crippen LogP contribution in [0.3, 0.4) is 0 Å². The zero-order valence-corrected chi connectivity index (χ0v) is 16.2. The SMILES string of the molecule is CCOC(OCC)(OCC)C(=O)CC(=O)OC(C)(C)C.[Zr]. The summed E-state index contributed by atoms with van der Waals surface area (Å²) in [6.45, 7) is 11.0. The van der Waals surface area contributed by atoms with E-state index in [1.54, 1.807) is 41.5 Å². The van der Waals surface area contributed by atoms with Crippen LogP contribution in [-0.4, -0.2) is 43.1 Å². The quantitative estimate of drug-likeness (QED) is 0.346. The molecule has 0 aromatic carbocycles. The van der Waals surface area contributed by atoms with Crippen molar-refractivity contribution >= 4 is 11.8 Å². The molecule has 122 valence electrons. The van der Waals surface area contributed by atoms with E-state index in [1.165, 1.54) is 0 Å². The van der Waals surface area contributed by atoms with Crippen molar-refractivity contribution < 1.29 is 54.7 Å². The minimum atomic E-state index is -1.82. The van der Waals surface area contributed by atoms with E-state index in [-0.39, 0.29) is 46.0 Å². The average Bonchev–Trinajstić information content (AvgIpc) is 2.26. The van der Waals surface area contributed by atoms with Gasteiger partial charge < -0.3 is 18.9 Å². The zero-order valence-electron chi connectivity index (χ0n) is 13.8. The summed E-state index contributed by atoms with van der Waals surface area (Å²) >= 11 is 0. The van der Waals surface area contributed by atoms with Crippen molar-refractivity contribution in [2.24, 2.45) is 0 Å². The molecule has 0 bridgehead atoms. The van der Waals surface area contributed by atoms with E-state index in [4.69, 9.17) is 18.9 Å². The largest absolute Gasteiger partial charge is 0.460 e. The molecule has 0 spiro atoms. The molecule has 0 heterocycles. The van der Waals surface area contributed by atoms with Crippen molar-refractivity contribution in [2.45, 2.75) is 59.5 Å². The van der Waals surface area contributed by atoms with Gasteiger partial charge in [-0.3, -0.25) is 9.59 Å². The van der Waals surface area contributed by atoms with Gasteiger partial charge in [0.25, 0.3) is 0 Å². The average molecular weight is 382 g/mol. The predicted molar refractivity (Wildman–Crippen MR) is 73.1 cm³/mol. The van der Waals surface area contributed by atoms with Gasteiger partial charge in [0.15, 0.2) is 0 Å². The van der Waals surface area contributed by atoms with E-state index >= 15 is 0 Å². The first kappa shape index (κ1) is 23.2. The first-order valence-electron chi connectivity index (χ1n) is 6.87. The number of carbonyl (C=O) groups is 2. The third kappa shape index (κ3) is 8.81. The predicted octanol–water partition coefficient (Wildman–Crippen LogP) is 2.05. The van der Waals surface area contributed by atoms with Gasteiger partial charge in [-0.25, -0.2) is 0 Å². The van der Waals surface area contributed by atoms with Gasteiger partial charge >= 0.3 is 11.9 Å². The van der Waals surface area contributed by atoms with Gasteiger partial charge in [-0.2, -0.15) is 0 Å². The molecule has 0 aromatic rings. The maximum absolute atomic E-state index is 12.3. The number of Topliss-reactive ketones (excluding diaryl/α,β-unsaturated/α-hetero) is 1. The molecule has 0 aromatic heterocycles. The van der Waals surface area contributed by atoms with Gasteiger partial charge in [-0.05, 0) is 41.5 Å².